The summed E-state index contributed by atoms with van der Waals surface area (Å²) in [6.07, 6.45) is 5.39. The largest absolute Gasteiger partial charge is 0.466 e. The summed E-state index contributed by atoms with van der Waals surface area (Å²) in [7, 11) is 2.02. The lowest BCUT2D eigenvalue weighted by molar-refractivity contribution is -0.144. The van der Waals surface area contributed by atoms with Gasteiger partial charge in [0.25, 0.3) is 0 Å². The van der Waals surface area contributed by atoms with Crippen molar-refractivity contribution in [1.29, 1.82) is 0 Å². The van der Waals surface area contributed by atoms with E-state index in [9.17, 15) is 9.59 Å². The molecule has 0 radical (unpaired) electrons. The first-order valence-electron chi connectivity index (χ1n) is 7.40. The minimum atomic E-state index is -0.273. The number of esters is 1. The molecular formula is C15H27NO3. The summed E-state index contributed by atoms with van der Waals surface area (Å²) in [6, 6.07) is 0.530. The Balaban J connectivity index is 2.22. The van der Waals surface area contributed by atoms with E-state index in [2.05, 4.69) is 11.8 Å². The average molecular weight is 269 g/mol. The number of Topliss-reactive ketones (excluding diaryl/α,β-unsaturated/α-hetero) is 1. The maximum atomic E-state index is 11.8. The number of nitrogens with zero attached hydrogens (tertiary/aromatic N) is 1. The number of hydrogen-bond acceptors (Lipinski definition) is 4. The molecule has 0 spiro atoms. The van der Waals surface area contributed by atoms with Gasteiger partial charge in [-0.15, -0.1) is 0 Å². The van der Waals surface area contributed by atoms with Crippen molar-refractivity contribution in [2.24, 2.45) is 5.92 Å². The maximum Gasteiger partial charge on any atom is 0.306 e. The van der Waals surface area contributed by atoms with Gasteiger partial charge in [0.05, 0.1) is 19.6 Å². The fraction of sp³-hybridized carbons (Fsp3) is 0.867. The topological polar surface area (TPSA) is 46.6 Å². The Morgan fingerprint density at radius 1 is 1.16 bits per heavy atom. The van der Waals surface area contributed by atoms with E-state index in [1.54, 1.807) is 6.92 Å². The Kier molecular flexibility index (Phi) is 7.06. The summed E-state index contributed by atoms with van der Waals surface area (Å²) < 4.78 is 4.82. The Labute approximate surface area is 116 Å². The number of ether oxygens (including phenoxy) is 1. The van der Waals surface area contributed by atoms with Crippen molar-refractivity contribution < 1.29 is 14.3 Å². The lowest BCUT2D eigenvalue weighted by Crippen LogP contribution is -2.38. The molecule has 0 atom stereocenters. The normalized spacial score (nSPS) is 23.4. The molecule has 1 saturated carbocycles. The Hall–Kier alpha value is -0.900. The van der Waals surface area contributed by atoms with Gasteiger partial charge in [0, 0.05) is 12.5 Å². The van der Waals surface area contributed by atoms with Gasteiger partial charge in [-0.1, -0.05) is 6.92 Å². The second kappa shape index (κ2) is 8.31. The van der Waals surface area contributed by atoms with E-state index < -0.39 is 0 Å². The van der Waals surface area contributed by atoms with Crippen molar-refractivity contribution >= 4 is 11.8 Å². The first-order valence-corrected chi connectivity index (χ1v) is 7.40. The SMILES string of the molecule is CCOC(=O)CCC(=O)CN(C)C1CCC(C)CC1. The Bertz CT molecular complexity index is 296. The zero-order chi connectivity index (χ0) is 14.3. The number of hydrogen-bond donors (Lipinski definition) is 0. The molecule has 0 saturated heterocycles. The van der Waals surface area contributed by atoms with Crippen LogP contribution >= 0.6 is 0 Å². The summed E-state index contributed by atoms with van der Waals surface area (Å²) in [5.74, 6) is 0.684. The molecule has 0 heterocycles. The van der Waals surface area contributed by atoms with E-state index in [0.717, 1.165) is 5.92 Å². The van der Waals surface area contributed by atoms with Crippen molar-refractivity contribution in [1.82, 2.24) is 4.90 Å². The monoisotopic (exact) mass is 269 g/mol. The molecule has 0 aromatic heterocycles. The number of likely N-dealkylation sites (N-methyl/N-ethyl adjacent to an activating group) is 1. The van der Waals surface area contributed by atoms with Gasteiger partial charge in [0.1, 0.15) is 5.78 Å². The quantitative estimate of drug-likeness (QED) is 0.666. The van der Waals surface area contributed by atoms with Crippen LogP contribution in [0.1, 0.15) is 52.4 Å². The van der Waals surface area contributed by atoms with E-state index >= 15 is 0 Å². The summed E-state index contributed by atoms with van der Waals surface area (Å²) in [4.78, 5) is 25.2. The summed E-state index contributed by atoms with van der Waals surface area (Å²) in [6.45, 7) is 4.91. The summed E-state index contributed by atoms with van der Waals surface area (Å²) in [5, 5.41) is 0. The lowest BCUT2D eigenvalue weighted by Gasteiger charge is -2.33. The third-order valence-corrected chi connectivity index (χ3v) is 3.95. The van der Waals surface area contributed by atoms with Crippen LogP contribution in [0.4, 0.5) is 0 Å². The standard InChI is InChI=1S/C15H27NO3/c1-4-19-15(18)10-9-14(17)11-16(3)13-7-5-12(2)6-8-13/h12-13H,4-11H2,1-3H3. The zero-order valence-corrected chi connectivity index (χ0v) is 12.5. The third kappa shape index (κ3) is 6.19. The molecule has 4 nitrogen and oxygen atoms in total. The van der Waals surface area contributed by atoms with Crippen molar-refractivity contribution in [3.8, 4) is 0 Å². The predicted molar refractivity (Wildman–Crippen MR) is 74.9 cm³/mol. The molecule has 110 valence electrons. The number of carbonyl (C=O) groups is 2. The molecule has 0 aromatic carbocycles. The van der Waals surface area contributed by atoms with Crippen molar-refractivity contribution in [2.75, 3.05) is 20.2 Å². The van der Waals surface area contributed by atoms with Gasteiger partial charge < -0.3 is 4.74 Å². The molecular weight excluding hydrogens is 242 g/mol. The molecule has 1 fully saturated rings. The van der Waals surface area contributed by atoms with E-state index in [-0.39, 0.29) is 18.2 Å². The van der Waals surface area contributed by atoms with Gasteiger partial charge in [-0.2, -0.15) is 0 Å². The van der Waals surface area contributed by atoms with Crippen LogP contribution in [0.15, 0.2) is 0 Å². The Morgan fingerprint density at radius 3 is 2.37 bits per heavy atom. The molecule has 0 aliphatic heterocycles. The molecule has 0 unspecified atom stereocenters. The second-order valence-electron chi connectivity index (χ2n) is 5.67. The number of ketones is 1. The van der Waals surface area contributed by atoms with E-state index in [0.29, 0.717) is 25.6 Å². The Morgan fingerprint density at radius 2 is 1.79 bits per heavy atom. The first kappa shape index (κ1) is 16.2. The van der Waals surface area contributed by atoms with E-state index in [1.807, 2.05) is 7.05 Å². The minimum absolute atomic E-state index is 0.133. The van der Waals surface area contributed by atoms with Crippen molar-refractivity contribution in [3.63, 3.8) is 0 Å². The molecule has 0 N–H and O–H groups in total. The number of carbonyl (C=O) groups excluding carboxylic acids is 2. The van der Waals surface area contributed by atoms with Gasteiger partial charge in [-0.3, -0.25) is 14.5 Å². The fourth-order valence-corrected chi connectivity index (χ4v) is 2.64. The van der Waals surface area contributed by atoms with Crippen LogP contribution in [0.2, 0.25) is 0 Å². The minimum Gasteiger partial charge on any atom is -0.466 e. The zero-order valence-electron chi connectivity index (χ0n) is 12.5. The van der Waals surface area contributed by atoms with Gasteiger partial charge in [-0.25, -0.2) is 0 Å². The van der Waals surface area contributed by atoms with Crippen molar-refractivity contribution in [2.45, 2.75) is 58.4 Å². The molecule has 1 aliphatic rings. The van der Waals surface area contributed by atoms with Crippen LogP contribution in [-0.4, -0.2) is 42.9 Å². The van der Waals surface area contributed by atoms with Crippen LogP contribution in [0.3, 0.4) is 0 Å². The smallest absolute Gasteiger partial charge is 0.306 e. The van der Waals surface area contributed by atoms with Gasteiger partial charge in [0.2, 0.25) is 0 Å². The van der Waals surface area contributed by atoms with Gasteiger partial charge in [0.15, 0.2) is 0 Å². The fourth-order valence-electron chi connectivity index (χ4n) is 2.64. The molecule has 0 amide bonds. The van der Waals surface area contributed by atoms with Gasteiger partial charge >= 0.3 is 5.97 Å². The predicted octanol–water partition coefficient (Wildman–Crippen LogP) is 2.41. The number of rotatable bonds is 7. The molecule has 1 rings (SSSR count). The van der Waals surface area contributed by atoms with Crippen LogP contribution < -0.4 is 0 Å². The molecule has 19 heavy (non-hydrogen) atoms. The lowest BCUT2D eigenvalue weighted by atomic mass is 9.86. The molecule has 1 aliphatic carbocycles. The third-order valence-electron chi connectivity index (χ3n) is 3.95. The molecule has 4 heteroatoms. The van der Waals surface area contributed by atoms with E-state index in [4.69, 9.17) is 4.74 Å². The first-order chi connectivity index (χ1) is 9.02. The summed E-state index contributed by atoms with van der Waals surface area (Å²) >= 11 is 0. The molecule has 0 aromatic rings. The highest BCUT2D eigenvalue weighted by Gasteiger charge is 2.22. The average Bonchev–Trinajstić information content (AvgIpc) is 2.37. The van der Waals surface area contributed by atoms with Crippen LogP contribution in [0.5, 0.6) is 0 Å². The van der Waals surface area contributed by atoms with Crippen molar-refractivity contribution in [3.05, 3.63) is 0 Å². The highest BCUT2D eigenvalue weighted by molar-refractivity contribution is 5.84. The van der Waals surface area contributed by atoms with Crippen LogP contribution in [-0.2, 0) is 14.3 Å². The second-order valence-corrected chi connectivity index (χ2v) is 5.67. The van der Waals surface area contributed by atoms with Gasteiger partial charge in [-0.05, 0) is 45.6 Å². The van der Waals surface area contributed by atoms with E-state index in [1.165, 1.54) is 25.7 Å². The maximum absolute atomic E-state index is 11.8. The van der Waals surface area contributed by atoms with Crippen LogP contribution in [0, 0.1) is 5.92 Å². The molecule has 0 bridgehead atoms. The highest BCUT2D eigenvalue weighted by Crippen LogP contribution is 2.26. The highest BCUT2D eigenvalue weighted by atomic mass is 16.5. The van der Waals surface area contributed by atoms with Crippen LogP contribution in [0.25, 0.3) is 0 Å². The summed E-state index contributed by atoms with van der Waals surface area (Å²) in [5.41, 5.74) is 0.